The number of hydrogen-bond acceptors (Lipinski definition) is 4. The van der Waals surface area contributed by atoms with Crippen molar-refractivity contribution in [2.24, 2.45) is 0 Å². The van der Waals surface area contributed by atoms with E-state index in [0.717, 1.165) is 42.6 Å². The highest BCUT2D eigenvalue weighted by molar-refractivity contribution is 5.75. The van der Waals surface area contributed by atoms with E-state index in [2.05, 4.69) is 15.6 Å². The van der Waals surface area contributed by atoms with E-state index in [1.54, 1.807) is 18.2 Å². The molecular formula is C25H23F6N3O3. The summed E-state index contributed by atoms with van der Waals surface area (Å²) in [5.41, 5.74) is -1.96. The van der Waals surface area contributed by atoms with E-state index >= 15 is 0 Å². The lowest BCUT2D eigenvalue weighted by Gasteiger charge is -2.23. The van der Waals surface area contributed by atoms with Crippen LogP contribution >= 0.6 is 0 Å². The second-order valence-electron chi connectivity index (χ2n) is 7.81. The number of urea groups is 1. The lowest BCUT2D eigenvalue weighted by Crippen LogP contribution is -2.40. The van der Waals surface area contributed by atoms with Crippen LogP contribution in [0.5, 0.6) is 11.5 Å². The molecule has 1 aromatic heterocycles. The summed E-state index contributed by atoms with van der Waals surface area (Å²) in [7, 11) is 2.97. The Hall–Kier alpha value is -3.96. The quantitative estimate of drug-likeness (QED) is 0.365. The van der Waals surface area contributed by atoms with Crippen LogP contribution < -0.4 is 20.1 Å². The minimum absolute atomic E-state index is 0.0122. The Morgan fingerprint density at radius 2 is 1.65 bits per heavy atom. The molecule has 3 aromatic rings. The molecule has 198 valence electrons. The molecule has 0 bridgehead atoms. The highest BCUT2D eigenvalue weighted by atomic mass is 19.4. The van der Waals surface area contributed by atoms with E-state index < -0.39 is 41.2 Å². The number of pyridine rings is 1. The second kappa shape index (κ2) is 11.4. The molecule has 0 aliphatic carbocycles. The van der Waals surface area contributed by atoms with Crippen LogP contribution in [-0.4, -0.2) is 31.8 Å². The molecule has 1 heterocycles. The zero-order valence-electron chi connectivity index (χ0n) is 19.7. The van der Waals surface area contributed by atoms with Crippen molar-refractivity contribution in [2.45, 2.75) is 24.8 Å². The maximum absolute atomic E-state index is 13.7. The highest BCUT2D eigenvalue weighted by Gasteiger charge is 2.37. The van der Waals surface area contributed by atoms with Crippen molar-refractivity contribution in [3.8, 4) is 11.5 Å². The van der Waals surface area contributed by atoms with E-state index in [1.165, 1.54) is 14.2 Å². The number of alkyl halides is 6. The van der Waals surface area contributed by atoms with Gasteiger partial charge < -0.3 is 20.1 Å². The Labute approximate surface area is 208 Å². The molecule has 0 saturated carbocycles. The molecule has 1 atom stereocenters. The number of nitrogens with one attached hydrogen (secondary N) is 2. The summed E-state index contributed by atoms with van der Waals surface area (Å²) in [4.78, 5) is 16.5. The Bertz CT molecular complexity index is 1210. The van der Waals surface area contributed by atoms with Crippen molar-refractivity contribution < 1.29 is 40.6 Å². The third-order valence-electron chi connectivity index (χ3n) is 5.43. The number of carbonyl (C=O) groups excluding carboxylic acids is 1. The van der Waals surface area contributed by atoms with Crippen molar-refractivity contribution >= 4 is 6.03 Å². The lowest BCUT2D eigenvalue weighted by atomic mass is 9.98. The minimum Gasteiger partial charge on any atom is -0.497 e. The fourth-order valence-electron chi connectivity index (χ4n) is 3.63. The molecule has 12 heteroatoms. The van der Waals surface area contributed by atoms with Crippen LogP contribution in [0.2, 0.25) is 0 Å². The molecule has 0 aliphatic heterocycles. The van der Waals surface area contributed by atoms with E-state index in [4.69, 9.17) is 9.47 Å². The van der Waals surface area contributed by atoms with Gasteiger partial charge >= 0.3 is 18.4 Å². The molecule has 2 amide bonds. The van der Waals surface area contributed by atoms with Gasteiger partial charge in [-0.05, 0) is 60.0 Å². The van der Waals surface area contributed by atoms with Crippen molar-refractivity contribution in [2.75, 3.05) is 20.8 Å². The van der Waals surface area contributed by atoms with Crippen LogP contribution in [0.4, 0.5) is 31.1 Å². The summed E-state index contributed by atoms with van der Waals surface area (Å²) in [5.74, 6) is 1.12. The molecule has 0 radical (unpaired) electrons. The fourth-order valence-corrected chi connectivity index (χ4v) is 3.63. The van der Waals surface area contributed by atoms with Gasteiger partial charge in [-0.2, -0.15) is 26.3 Å². The standard InChI is InChI=1S/C25H23F6N3O3/c1-36-18-9-10-20(37-2)16(14-18)11-13-33-23(35)34-21(15-5-7-17(8-6-15)24(26,27)28)22-19(25(29,30)31)4-3-12-32-22/h3-10,12,14,21H,11,13H2,1-2H3,(H2,33,34,35)/t21-/m0/s1. The number of amides is 2. The normalized spacial score (nSPS) is 12.5. The molecule has 0 spiro atoms. The number of ether oxygens (including phenoxy) is 2. The largest absolute Gasteiger partial charge is 0.497 e. The summed E-state index contributed by atoms with van der Waals surface area (Å²) in [5, 5.41) is 4.96. The molecule has 0 saturated heterocycles. The van der Waals surface area contributed by atoms with E-state index in [9.17, 15) is 31.1 Å². The van der Waals surface area contributed by atoms with Gasteiger partial charge in [0.05, 0.1) is 37.1 Å². The first-order chi connectivity index (χ1) is 17.4. The van der Waals surface area contributed by atoms with Crippen LogP contribution in [0.25, 0.3) is 0 Å². The third kappa shape index (κ3) is 7.05. The maximum atomic E-state index is 13.7. The average Bonchev–Trinajstić information content (AvgIpc) is 2.86. The first kappa shape index (κ1) is 27.6. The monoisotopic (exact) mass is 527 g/mol. The van der Waals surface area contributed by atoms with Crippen LogP contribution in [0.1, 0.15) is 34.0 Å². The van der Waals surface area contributed by atoms with Gasteiger partial charge in [-0.15, -0.1) is 0 Å². The Morgan fingerprint density at radius 1 is 0.946 bits per heavy atom. The molecular weight excluding hydrogens is 504 g/mol. The molecule has 3 rings (SSSR count). The first-order valence-electron chi connectivity index (χ1n) is 10.9. The molecule has 0 aliphatic rings. The maximum Gasteiger partial charge on any atom is 0.418 e. The van der Waals surface area contributed by atoms with Crippen LogP contribution in [0, 0.1) is 0 Å². The van der Waals surface area contributed by atoms with Crippen molar-refractivity contribution in [3.05, 3.63) is 88.7 Å². The smallest absolute Gasteiger partial charge is 0.418 e. The molecule has 37 heavy (non-hydrogen) atoms. The van der Waals surface area contributed by atoms with Gasteiger partial charge in [0.1, 0.15) is 11.5 Å². The molecule has 2 N–H and O–H groups in total. The van der Waals surface area contributed by atoms with Gasteiger partial charge in [-0.25, -0.2) is 4.79 Å². The minimum atomic E-state index is -4.81. The predicted molar refractivity (Wildman–Crippen MR) is 122 cm³/mol. The Kier molecular flexibility index (Phi) is 8.51. The van der Waals surface area contributed by atoms with E-state index in [0.29, 0.717) is 23.5 Å². The van der Waals surface area contributed by atoms with Crippen LogP contribution in [0.3, 0.4) is 0 Å². The summed E-state index contributed by atoms with van der Waals surface area (Å²) in [6.45, 7) is 0.0729. The molecule has 0 unspecified atom stereocenters. The van der Waals surface area contributed by atoms with Gasteiger partial charge in [-0.1, -0.05) is 12.1 Å². The number of aromatic nitrogens is 1. The zero-order chi connectivity index (χ0) is 27.2. The van der Waals surface area contributed by atoms with E-state index in [-0.39, 0.29) is 12.1 Å². The SMILES string of the molecule is COc1ccc(OC)c(CCNC(=O)N[C@@H](c2ccc(C(F)(F)F)cc2)c2ncccc2C(F)(F)F)c1. The summed E-state index contributed by atoms with van der Waals surface area (Å²) < 4.78 is 90.5. The van der Waals surface area contributed by atoms with Gasteiger partial charge in [0.2, 0.25) is 0 Å². The molecule has 2 aromatic carbocycles. The number of methoxy groups -OCH3 is 2. The zero-order valence-corrected chi connectivity index (χ0v) is 19.7. The van der Waals surface area contributed by atoms with Crippen LogP contribution in [0.15, 0.2) is 60.8 Å². The first-order valence-corrected chi connectivity index (χ1v) is 10.9. The van der Waals surface area contributed by atoms with Gasteiger partial charge in [-0.3, -0.25) is 4.98 Å². The van der Waals surface area contributed by atoms with E-state index in [1.807, 2.05) is 0 Å². The number of benzene rings is 2. The van der Waals surface area contributed by atoms with Crippen molar-refractivity contribution in [3.63, 3.8) is 0 Å². The fraction of sp³-hybridized carbons (Fsp3) is 0.280. The number of halogens is 6. The van der Waals surface area contributed by atoms with Gasteiger partial charge in [0.15, 0.2) is 0 Å². The summed E-state index contributed by atoms with van der Waals surface area (Å²) in [6.07, 6.45) is -8.04. The second-order valence-corrected chi connectivity index (χ2v) is 7.81. The van der Waals surface area contributed by atoms with Crippen molar-refractivity contribution in [1.82, 2.24) is 15.6 Å². The number of hydrogen-bond donors (Lipinski definition) is 2. The summed E-state index contributed by atoms with van der Waals surface area (Å²) >= 11 is 0. The summed E-state index contributed by atoms with van der Waals surface area (Å²) in [6, 6.07) is 8.11. The highest BCUT2D eigenvalue weighted by Crippen LogP contribution is 2.36. The lowest BCUT2D eigenvalue weighted by molar-refractivity contribution is -0.139. The Morgan fingerprint density at radius 3 is 2.24 bits per heavy atom. The van der Waals surface area contributed by atoms with Gasteiger partial charge in [0.25, 0.3) is 0 Å². The number of rotatable bonds is 8. The topological polar surface area (TPSA) is 72.5 Å². The number of carbonyl (C=O) groups is 1. The van der Waals surface area contributed by atoms with Crippen LogP contribution in [-0.2, 0) is 18.8 Å². The van der Waals surface area contributed by atoms with Gasteiger partial charge in [0, 0.05) is 12.7 Å². The third-order valence-corrected chi connectivity index (χ3v) is 5.43. The Balaban J connectivity index is 1.84. The number of nitrogens with zero attached hydrogens (tertiary/aromatic N) is 1. The molecule has 0 fully saturated rings. The molecule has 6 nitrogen and oxygen atoms in total. The predicted octanol–water partition coefficient (Wildman–Crippen LogP) is 5.77. The average molecular weight is 527 g/mol. The van der Waals surface area contributed by atoms with Crippen molar-refractivity contribution in [1.29, 1.82) is 0 Å².